The number of hydrogen-bond acceptors (Lipinski definition) is 2. The maximum absolute atomic E-state index is 11.6. The summed E-state index contributed by atoms with van der Waals surface area (Å²) in [5.41, 5.74) is 1.80. The number of nitrogens with one attached hydrogen (secondary N) is 1. The van der Waals surface area contributed by atoms with Crippen molar-refractivity contribution < 1.29 is 4.79 Å². The van der Waals surface area contributed by atoms with Crippen LogP contribution in [0.25, 0.3) is 0 Å². The van der Waals surface area contributed by atoms with Gasteiger partial charge in [-0.15, -0.1) is 0 Å². The smallest absolute Gasteiger partial charge is 0.169 e. The quantitative estimate of drug-likeness (QED) is 0.630. The second-order valence-electron chi connectivity index (χ2n) is 3.19. The molecule has 12 heavy (non-hydrogen) atoms. The minimum atomic E-state index is 0.111. The molecule has 0 amide bonds. The van der Waals surface area contributed by atoms with Crippen LogP contribution < -0.4 is 5.32 Å². The van der Waals surface area contributed by atoms with Crippen LogP contribution in [0.15, 0.2) is 24.3 Å². The van der Waals surface area contributed by atoms with Gasteiger partial charge < -0.3 is 5.32 Å². The Morgan fingerprint density at radius 3 is 3.00 bits per heavy atom. The van der Waals surface area contributed by atoms with E-state index in [1.165, 1.54) is 0 Å². The Morgan fingerprint density at radius 1 is 1.42 bits per heavy atom. The van der Waals surface area contributed by atoms with Gasteiger partial charge in [-0.1, -0.05) is 19.1 Å². The van der Waals surface area contributed by atoms with Crippen LogP contribution in [0.1, 0.15) is 17.3 Å². The Morgan fingerprint density at radius 2 is 2.17 bits per heavy atom. The molecule has 2 nitrogen and oxygen atoms in total. The largest absolute Gasteiger partial charge is 0.384 e. The summed E-state index contributed by atoms with van der Waals surface area (Å²) < 4.78 is 0. The van der Waals surface area contributed by atoms with E-state index in [1.54, 1.807) is 0 Å². The molecule has 1 heterocycles. The monoisotopic (exact) mass is 161 g/mol. The van der Waals surface area contributed by atoms with Crippen molar-refractivity contribution in [3.63, 3.8) is 0 Å². The van der Waals surface area contributed by atoms with E-state index in [-0.39, 0.29) is 11.7 Å². The Kier molecular flexibility index (Phi) is 1.61. The third kappa shape index (κ3) is 0.998. The summed E-state index contributed by atoms with van der Waals surface area (Å²) in [6.45, 7) is 2.71. The van der Waals surface area contributed by atoms with Gasteiger partial charge in [-0.2, -0.15) is 0 Å². The van der Waals surface area contributed by atoms with E-state index >= 15 is 0 Å². The number of hydrogen-bond donors (Lipinski definition) is 1. The maximum atomic E-state index is 11.6. The topological polar surface area (TPSA) is 29.1 Å². The molecular formula is C10H11NO. The molecule has 1 unspecified atom stereocenters. The summed E-state index contributed by atoms with van der Waals surface area (Å²) in [6.07, 6.45) is 0. The first-order valence-corrected chi connectivity index (χ1v) is 4.16. The number of rotatable bonds is 0. The molecule has 1 aliphatic rings. The number of benzene rings is 1. The lowest BCUT2D eigenvalue weighted by Crippen LogP contribution is -2.26. The lowest BCUT2D eigenvalue weighted by molar-refractivity contribution is 0.0932. The predicted molar refractivity (Wildman–Crippen MR) is 48.4 cm³/mol. The van der Waals surface area contributed by atoms with E-state index in [0.29, 0.717) is 0 Å². The van der Waals surface area contributed by atoms with Crippen molar-refractivity contribution in [3.8, 4) is 0 Å². The number of carbonyl (C=O) groups excluding carboxylic acids is 1. The van der Waals surface area contributed by atoms with Crippen LogP contribution in [-0.4, -0.2) is 12.3 Å². The van der Waals surface area contributed by atoms with Crippen LogP contribution in [0.4, 0.5) is 5.69 Å². The number of carbonyl (C=O) groups is 1. The average Bonchev–Trinajstić information content (AvgIpc) is 2.12. The summed E-state index contributed by atoms with van der Waals surface area (Å²) >= 11 is 0. The van der Waals surface area contributed by atoms with E-state index in [2.05, 4.69) is 5.32 Å². The summed E-state index contributed by atoms with van der Waals surface area (Å²) in [4.78, 5) is 11.6. The second kappa shape index (κ2) is 2.63. The molecule has 0 spiro atoms. The molecule has 1 N–H and O–H groups in total. The van der Waals surface area contributed by atoms with E-state index in [1.807, 2.05) is 31.2 Å². The molecule has 0 bridgehead atoms. The van der Waals surface area contributed by atoms with Crippen molar-refractivity contribution in [3.05, 3.63) is 29.8 Å². The van der Waals surface area contributed by atoms with Gasteiger partial charge in [-0.3, -0.25) is 4.79 Å². The zero-order valence-corrected chi connectivity index (χ0v) is 7.00. The first-order valence-electron chi connectivity index (χ1n) is 4.16. The molecule has 2 rings (SSSR count). The van der Waals surface area contributed by atoms with E-state index < -0.39 is 0 Å². The summed E-state index contributed by atoms with van der Waals surface area (Å²) in [5.74, 6) is 0.365. The Balaban J connectivity index is 2.49. The molecule has 62 valence electrons. The van der Waals surface area contributed by atoms with Gasteiger partial charge in [-0.25, -0.2) is 0 Å². The maximum Gasteiger partial charge on any atom is 0.169 e. The fraction of sp³-hybridized carbons (Fsp3) is 0.300. The number of ketones is 1. The Hall–Kier alpha value is -1.31. The van der Waals surface area contributed by atoms with Gasteiger partial charge in [0, 0.05) is 23.7 Å². The van der Waals surface area contributed by atoms with Crippen molar-refractivity contribution in [2.45, 2.75) is 6.92 Å². The van der Waals surface area contributed by atoms with Gasteiger partial charge in [0.25, 0.3) is 0 Å². The van der Waals surface area contributed by atoms with Gasteiger partial charge >= 0.3 is 0 Å². The normalized spacial score (nSPS) is 21.4. The fourth-order valence-electron chi connectivity index (χ4n) is 1.47. The highest BCUT2D eigenvalue weighted by Crippen LogP contribution is 2.23. The molecule has 0 saturated heterocycles. The zero-order chi connectivity index (χ0) is 8.55. The molecule has 1 aromatic carbocycles. The number of para-hydroxylation sites is 1. The molecule has 2 heteroatoms. The van der Waals surface area contributed by atoms with Gasteiger partial charge in [0.05, 0.1) is 0 Å². The molecule has 0 fully saturated rings. The van der Waals surface area contributed by atoms with Crippen molar-refractivity contribution in [1.29, 1.82) is 0 Å². The predicted octanol–water partition coefficient (Wildman–Crippen LogP) is 1.93. The van der Waals surface area contributed by atoms with Crippen LogP contribution >= 0.6 is 0 Å². The Labute approximate surface area is 71.6 Å². The van der Waals surface area contributed by atoms with Crippen LogP contribution in [0.2, 0.25) is 0 Å². The van der Waals surface area contributed by atoms with Crippen LogP contribution in [0, 0.1) is 5.92 Å². The number of anilines is 1. The lowest BCUT2D eigenvalue weighted by Gasteiger charge is -2.21. The molecule has 0 aliphatic carbocycles. The summed E-state index contributed by atoms with van der Waals surface area (Å²) in [5, 5.41) is 3.22. The highest BCUT2D eigenvalue weighted by atomic mass is 16.1. The zero-order valence-electron chi connectivity index (χ0n) is 7.00. The molecule has 1 aromatic rings. The molecule has 0 aromatic heterocycles. The van der Waals surface area contributed by atoms with E-state index in [0.717, 1.165) is 17.8 Å². The van der Waals surface area contributed by atoms with Gasteiger partial charge in [0.1, 0.15) is 0 Å². The van der Waals surface area contributed by atoms with E-state index in [9.17, 15) is 4.79 Å². The fourth-order valence-corrected chi connectivity index (χ4v) is 1.47. The highest BCUT2D eigenvalue weighted by Gasteiger charge is 2.22. The summed E-state index contributed by atoms with van der Waals surface area (Å²) in [7, 11) is 0. The molecular weight excluding hydrogens is 150 g/mol. The van der Waals surface area contributed by atoms with Gasteiger partial charge in [0.2, 0.25) is 0 Å². The Bertz CT molecular complexity index is 319. The molecule has 1 aliphatic heterocycles. The second-order valence-corrected chi connectivity index (χ2v) is 3.19. The lowest BCUT2D eigenvalue weighted by atomic mass is 9.94. The number of fused-ring (bicyclic) bond motifs is 1. The van der Waals surface area contributed by atoms with Gasteiger partial charge in [0.15, 0.2) is 5.78 Å². The highest BCUT2D eigenvalue weighted by molar-refractivity contribution is 6.04. The van der Waals surface area contributed by atoms with E-state index in [4.69, 9.17) is 0 Å². The van der Waals surface area contributed by atoms with Crippen molar-refractivity contribution in [2.75, 3.05) is 11.9 Å². The van der Waals surface area contributed by atoms with Crippen molar-refractivity contribution >= 4 is 11.5 Å². The third-order valence-corrected chi connectivity index (χ3v) is 2.24. The minimum absolute atomic E-state index is 0.111. The summed E-state index contributed by atoms with van der Waals surface area (Å²) in [6, 6.07) is 7.66. The first kappa shape index (κ1) is 7.35. The van der Waals surface area contributed by atoms with Crippen molar-refractivity contribution in [1.82, 2.24) is 0 Å². The minimum Gasteiger partial charge on any atom is -0.384 e. The standard InChI is InChI=1S/C10H11NO/c1-7-6-11-9-5-3-2-4-8(9)10(7)12/h2-5,7,11H,6H2,1H3. The molecule has 0 radical (unpaired) electrons. The van der Waals surface area contributed by atoms with Gasteiger partial charge in [-0.05, 0) is 12.1 Å². The third-order valence-electron chi connectivity index (χ3n) is 2.24. The average molecular weight is 161 g/mol. The van der Waals surface area contributed by atoms with Crippen LogP contribution in [0.5, 0.6) is 0 Å². The molecule has 0 saturated carbocycles. The van der Waals surface area contributed by atoms with Crippen LogP contribution in [0.3, 0.4) is 0 Å². The number of Topliss-reactive ketones (excluding diaryl/α,β-unsaturated/α-hetero) is 1. The molecule has 1 atom stereocenters. The SMILES string of the molecule is CC1CNc2ccccc2C1=O. The van der Waals surface area contributed by atoms with Crippen LogP contribution in [-0.2, 0) is 0 Å². The van der Waals surface area contributed by atoms with Crippen molar-refractivity contribution in [2.24, 2.45) is 5.92 Å². The first-order chi connectivity index (χ1) is 5.79.